The van der Waals surface area contributed by atoms with Crippen LogP contribution in [-0.2, 0) is 6.54 Å². The summed E-state index contributed by atoms with van der Waals surface area (Å²) in [5, 5.41) is 0. The van der Waals surface area contributed by atoms with E-state index in [4.69, 9.17) is 5.73 Å². The molecule has 0 aliphatic carbocycles. The number of hydrogen-bond donors (Lipinski definition) is 1. The fourth-order valence-electron chi connectivity index (χ4n) is 2.05. The van der Waals surface area contributed by atoms with E-state index >= 15 is 0 Å². The number of aromatic nitrogens is 2. The molecule has 2 heterocycles. The van der Waals surface area contributed by atoms with Gasteiger partial charge in [0, 0.05) is 38.1 Å². The molecule has 1 aromatic heterocycles. The third kappa shape index (κ3) is 2.09. The van der Waals surface area contributed by atoms with Gasteiger partial charge in [-0.25, -0.2) is 4.98 Å². The van der Waals surface area contributed by atoms with E-state index in [9.17, 15) is 4.79 Å². The van der Waals surface area contributed by atoms with Crippen LogP contribution >= 0.6 is 0 Å². The minimum absolute atomic E-state index is 0.00144. The lowest BCUT2D eigenvalue weighted by Crippen LogP contribution is -2.33. The molecule has 1 saturated heterocycles. The van der Waals surface area contributed by atoms with E-state index in [0.717, 1.165) is 32.5 Å². The molecule has 0 radical (unpaired) electrons. The summed E-state index contributed by atoms with van der Waals surface area (Å²) in [6.07, 6.45) is 5.31. The van der Waals surface area contributed by atoms with Gasteiger partial charge in [0.15, 0.2) is 5.82 Å². The van der Waals surface area contributed by atoms with Crippen LogP contribution in [-0.4, -0.2) is 28.7 Å². The van der Waals surface area contributed by atoms with Gasteiger partial charge < -0.3 is 15.2 Å². The average Bonchev–Trinajstić information content (AvgIpc) is 2.68. The molecule has 0 amide bonds. The van der Waals surface area contributed by atoms with Gasteiger partial charge in [0.05, 0.1) is 0 Å². The van der Waals surface area contributed by atoms with Gasteiger partial charge >= 0.3 is 0 Å². The van der Waals surface area contributed by atoms with Crippen molar-refractivity contribution < 1.29 is 0 Å². The maximum atomic E-state index is 12.1. The van der Waals surface area contributed by atoms with Crippen LogP contribution in [0.2, 0.25) is 0 Å². The molecule has 1 unspecified atom stereocenters. The van der Waals surface area contributed by atoms with Crippen molar-refractivity contribution in [2.24, 2.45) is 5.73 Å². The summed E-state index contributed by atoms with van der Waals surface area (Å²) in [4.78, 5) is 18.2. The van der Waals surface area contributed by atoms with Crippen LogP contribution in [0.5, 0.6) is 0 Å². The van der Waals surface area contributed by atoms with Crippen molar-refractivity contribution in [3.8, 4) is 0 Å². The molecular formula is C11H18N4O. The molecular weight excluding hydrogens is 204 g/mol. The molecule has 2 rings (SSSR count). The van der Waals surface area contributed by atoms with E-state index in [-0.39, 0.29) is 11.6 Å². The number of aryl methyl sites for hydroxylation is 1. The molecule has 0 spiro atoms. The summed E-state index contributed by atoms with van der Waals surface area (Å²) >= 11 is 0. The van der Waals surface area contributed by atoms with Crippen molar-refractivity contribution >= 4 is 5.82 Å². The first-order valence-corrected chi connectivity index (χ1v) is 5.78. The quantitative estimate of drug-likeness (QED) is 0.793. The van der Waals surface area contributed by atoms with Crippen molar-refractivity contribution in [1.29, 1.82) is 0 Å². The lowest BCUT2D eigenvalue weighted by Gasteiger charge is -2.16. The molecule has 5 nitrogen and oxygen atoms in total. The molecule has 1 fully saturated rings. The Morgan fingerprint density at radius 2 is 2.44 bits per heavy atom. The van der Waals surface area contributed by atoms with E-state index < -0.39 is 0 Å². The number of nitrogens with two attached hydrogens (primary N) is 1. The Hall–Kier alpha value is -1.36. The van der Waals surface area contributed by atoms with Gasteiger partial charge in [-0.2, -0.15) is 0 Å². The predicted molar refractivity (Wildman–Crippen MR) is 63.6 cm³/mol. The Labute approximate surface area is 94.9 Å². The van der Waals surface area contributed by atoms with Crippen LogP contribution in [0.15, 0.2) is 17.2 Å². The fourth-order valence-corrected chi connectivity index (χ4v) is 2.05. The van der Waals surface area contributed by atoms with Crippen molar-refractivity contribution in [2.75, 3.05) is 18.0 Å². The van der Waals surface area contributed by atoms with Crippen LogP contribution in [0.1, 0.15) is 19.8 Å². The van der Waals surface area contributed by atoms with Crippen LogP contribution in [0, 0.1) is 0 Å². The third-order valence-corrected chi connectivity index (χ3v) is 2.88. The summed E-state index contributed by atoms with van der Waals surface area (Å²) in [6.45, 7) is 4.37. The van der Waals surface area contributed by atoms with Gasteiger partial charge in [-0.3, -0.25) is 4.79 Å². The summed E-state index contributed by atoms with van der Waals surface area (Å²) in [5.41, 5.74) is 5.83. The van der Waals surface area contributed by atoms with E-state index in [1.807, 2.05) is 4.90 Å². The van der Waals surface area contributed by atoms with Crippen LogP contribution in [0.4, 0.5) is 5.82 Å². The Morgan fingerprint density at radius 3 is 3.06 bits per heavy atom. The van der Waals surface area contributed by atoms with Crippen molar-refractivity contribution in [3.05, 3.63) is 22.7 Å². The maximum Gasteiger partial charge on any atom is 0.293 e. The molecule has 1 atom stereocenters. The second-order valence-corrected chi connectivity index (χ2v) is 4.24. The molecule has 88 valence electrons. The number of nitrogens with zero attached hydrogens (tertiary/aromatic N) is 3. The molecule has 16 heavy (non-hydrogen) atoms. The zero-order valence-corrected chi connectivity index (χ0v) is 9.59. The van der Waals surface area contributed by atoms with Gasteiger partial charge in [0.1, 0.15) is 0 Å². The average molecular weight is 222 g/mol. The van der Waals surface area contributed by atoms with Gasteiger partial charge in [-0.05, 0) is 12.8 Å². The maximum absolute atomic E-state index is 12.1. The number of rotatable bonds is 3. The highest BCUT2D eigenvalue weighted by Crippen LogP contribution is 2.12. The van der Waals surface area contributed by atoms with Gasteiger partial charge in [0.2, 0.25) is 0 Å². The van der Waals surface area contributed by atoms with Crippen molar-refractivity contribution in [2.45, 2.75) is 32.4 Å². The van der Waals surface area contributed by atoms with Gasteiger partial charge in [0.25, 0.3) is 5.56 Å². The first-order chi connectivity index (χ1) is 7.72. The van der Waals surface area contributed by atoms with E-state index in [1.54, 1.807) is 17.0 Å². The molecule has 1 aliphatic heterocycles. The highest BCUT2D eigenvalue weighted by Gasteiger charge is 2.22. The largest absolute Gasteiger partial charge is 0.350 e. The van der Waals surface area contributed by atoms with Gasteiger partial charge in [-0.1, -0.05) is 6.92 Å². The standard InChI is InChI=1S/C11H18N4O/c1-2-5-14-7-4-13-10(11(14)16)15-6-3-9(12)8-15/h4,7,9H,2-3,5-6,8,12H2,1H3. The van der Waals surface area contributed by atoms with E-state index in [1.165, 1.54) is 0 Å². The number of hydrogen-bond acceptors (Lipinski definition) is 4. The Bertz CT molecular complexity index is 415. The molecule has 1 aromatic rings. The zero-order valence-electron chi connectivity index (χ0n) is 9.59. The Morgan fingerprint density at radius 1 is 1.62 bits per heavy atom. The molecule has 1 aliphatic rings. The topological polar surface area (TPSA) is 64.2 Å². The summed E-state index contributed by atoms with van der Waals surface area (Å²) in [5.74, 6) is 0.545. The lowest BCUT2D eigenvalue weighted by molar-refractivity contribution is 0.644. The third-order valence-electron chi connectivity index (χ3n) is 2.88. The molecule has 5 heteroatoms. The zero-order chi connectivity index (χ0) is 11.5. The molecule has 0 bridgehead atoms. The molecule has 0 aromatic carbocycles. The predicted octanol–water partition coefficient (Wildman–Crippen LogP) is 0.191. The number of anilines is 1. The SMILES string of the molecule is CCCn1ccnc(N2CCC(N)C2)c1=O. The first-order valence-electron chi connectivity index (χ1n) is 5.78. The summed E-state index contributed by atoms with van der Waals surface area (Å²) < 4.78 is 1.71. The normalized spacial score (nSPS) is 20.4. The highest BCUT2D eigenvalue weighted by atomic mass is 16.1. The highest BCUT2D eigenvalue weighted by molar-refractivity contribution is 5.37. The first kappa shape index (κ1) is 11.1. The molecule has 2 N–H and O–H groups in total. The van der Waals surface area contributed by atoms with Crippen LogP contribution in [0.3, 0.4) is 0 Å². The lowest BCUT2D eigenvalue weighted by atomic mass is 10.3. The molecule has 0 saturated carbocycles. The van der Waals surface area contributed by atoms with E-state index in [0.29, 0.717) is 5.82 Å². The second-order valence-electron chi connectivity index (χ2n) is 4.24. The Balaban J connectivity index is 2.27. The smallest absolute Gasteiger partial charge is 0.293 e. The Kier molecular flexibility index (Phi) is 3.24. The summed E-state index contributed by atoms with van der Waals surface area (Å²) in [6, 6.07) is 0.168. The van der Waals surface area contributed by atoms with Crippen LogP contribution in [0.25, 0.3) is 0 Å². The minimum atomic E-state index is -0.00144. The van der Waals surface area contributed by atoms with Crippen molar-refractivity contribution in [3.63, 3.8) is 0 Å². The minimum Gasteiger partial charge on any atom is -0.350 e. The fraction of sp³-hybridized carbons (Fsp3) is 0.636. The van der Waals surface area contributed by atoms with Crippen molar-refractivity contribution in [1.82, 2.24) is 9.55 Å². The van der Waals surface area contributed by atoms with Gasteiger partial charge in [-0.15, -0.1) is 0 Å². The second kappa shape index (κ2) is 4.65. The van der Waals surface area contributed by atoms with Crippen LogP contribution < -0.4 is 16.2 Å². The van der Waals surface area contributed by atoms with E-state index in [2.05, 4.69) is 11.9 Å². The summed E-state index contributed by atoms with van der Waals surface area (Å²) in [7, 11) is 0. The monoisotopic (exact) mass is 222 g/mol.